The third kappa shape index (κ3) is 3.80. The molecule has 4 aromatic rings. The second-order valence-corrected chi connectivity index (χ2v) is 8.95. The van der Waals surface area contributed by atoms with Crippen LogP contribution in [0, 0.1) is 0 Å². The van der Waals surface area contributed by atoms with Crippen molar-refractivity contribution in [2.24, 2.45) is 0 Å². The second kappa shape index (κ2) is 8.87. The van der Waals surface area contributed by atoms with Crippen molar-refractivity contribution in [2.45, 2.75) is 26.8 Å². The summed E-state index contributed by atoms with van der Waals surface area (Å²) in [4.78, 5) is 45.3. The highest BCUT2D eigenvalue weighted by molar-refractivity contribution is 7.17. The van der Waals surface area contributed by atoms with Crippen LogP contribution in [0.4, 0.5) is 5.69 Å². The predicted molar refractivity (Wildman–Crippen MR) is 133 cm³/mol. The highest BCUT2D eigenvalue weighted by Gasteiger charge is 2.25. The van der Waals surface area contributed by atoms with E-state index >= 15 is 0 Å². The van der Waals surface area contributed by atoms with Crippen LogP contribution in [0.2, 0.25) is 0 Å². The number of rotatable bonds is 6. The number of ketones is 1. The molecule has 8 heteroatoms. The lowest BCUT2D eigenvalue weighted by Crippen LogP contribution is -2.38. The van der Waals surface area contributed by atoms with Crippen LogP contribution in [0.3, 0.4) is 0 Å². The maximum atomic E-state index is 13.4. The zero-order valence-electron chi connectivity index (χ0n) is 18.9. The predicted octanol–water partition coefficient (Wildman–Crippen LogP) is 4.32. The monoisotopic (exact) mass is 473 g/mol. The Hall–Kier alpha value is -3.78. The molecule has 7 nitrogen and oxygen atoms in total. The van der Waals surface area contributed by atoms with Crippen molar-refractivity contribution in [2.75, 3.05) is 18.1 Å². The molecular formula is C26H23N3O4S. The van der Waals surface area contributed by atoms with Gasteiger partial charge in [-0.1, -0.05) is 31.2 Å². The molecule has 172 valence electrons. The largest absolute Gasteiger partial charge is 0.482 e. The van der Waals surface area contributed by atoms with Gasteiger partial charge in [-0.15, -0.1) is 11.3 Å². The summed E-state index contributed by atoms with van der Waals surface area (Å²) in [5.74, 6) is 0.168. The molecule has 1 aliphatic rings. The van der Waals surface area contributed by atoms with Gasteiger partial charge in [-0.25, -0.2) is 4.98 Å². The highest BCUT2D eigenvalue weighted by Crippen LogP contribution is 2.33. The van der Waals surface area contributed by atoms with Gasteiger partial charge in [0.15, 0.2) is 12.4 Å². The molecular weight excluding hydrogens is 450 g/mol. The van der Waals surface area contributed by atoms with E-state index in [2.05, 4.69) is 24.0 Å². The Kier molecular flexibility index (Phi) is 5.75. The Balaban J connectivity index is 1.48. The molecule has 34 heavy (non-hydrogen) atoms. The van der Waals surface area contributed by atoms with Crippen molar-refractivity contribution >= 4 is 38.9 Å². The van der Waals surface area contributed by atoms with Crippen LogP contribution >= 0.6 is 11.3 Å². The number of hydrogen-bond donors (Lipinski definition) is 0. The van der Waals surface area contributed by atoms with E-state index in [1.54, 1.807) is 23.1 Å². The Morgan fingerprint density at radius 2 is 1.91 bits per heavy atom. The zero-order chi connectivity index (χ0) is 23.8. The third-order valence-corrected chi connectivity index (χ3v) is 6.97. The van der Waals surface area contributed by atoms with Crippen LogP contribution in [0.5, 0.6) is 5.75 Å². The fraction of sp³-hybridized carbons (Fsp3) is 0.231. The normalized spacial score (nSPS) is 13.1. The van der Waals surface area contributed by atoms with E-state index in [1.165, 1.54) is 27.8 Å². The average Bonchev–Trinajstić information content (AvgIpc) is 3.30. The maximum absolute atomic E-state index is 13.4. The first-order valence-corrected chi connectivity index (χ1v) is 12.0. The van der Waals surface area contributed by atoms with Gasteiger partial charge in [-0.3, -0.25) is 19.0 Å². The Morgan fingerprint density at radius 3 is 2.65 bits per heavy atom. The molecule has 5 rings (SSSR count). The van der Waals surface area contributed by atoms with E-state index < -0.39 is 0 Å². The third-order valence-electron chi connectivity index (χ3n) is 6.09. The Bertz CT molecular complexity index is 1470. The van der Waals surface area contributed by atoms with Gasteiger partial charge in [0.25, 0.3) is 11.5 Å². The summed E-state index contributed by atoms with van der Waals surface area (Å²) >= 11 is 1.41. The molecule has 0 atom stereocenters. The van der Waals surface area contributed by atoms with E-state index in [4.69, 9.17) is 4.74 Å². The number of Topliss-reactive ketones (excluding diaryl/α,β-unsaturated/α-hetero) is 1. The molecule has 2 aromatic heterocycles. The Labute approximate surface area is 200 Å². The summed E-state index contributed by atoms with van der Waals surface area (Å²) in [6, 6.07) is 13.1. The van der Waals surface area contributed by atoms with E-state index in [0.717, 1.165) is 17.5 Å². The number of ether oxygens (including phenoxy) is 1. The molecule has 0 fully saturated rings. The van der Waals surface area contributed by atoms with Gasteiger partial charge in [0.05, 0.1) is 23.9 Å². The summed E-state index contributed by atoms with van der Waals surface area (Å²) in [5, 5.41) is 2.46. The van der Waals surface area contributed by atoms with E-state index in [0.29, 0.717) is 33.8 Å². The maximum Gasteiger partial charge on any atom is 0.265 e. The lowest BCUT2D eigenvalue weighted by molar-refractivity contribution is -0.121. The lowest BCUT2D eigenvalue weighted by atomic mass is 10.0. The highest BCUT2D eigenvalue weighted by atomic mass is 32.1. The standard InChI is InChI=1S/C26H23N3O4S/c1-3-16-5-7-17(8-6-16)19-14-34-25-24(19)26(32)28(15-27-25)12-21(30)18-9-10-22-20(11-18)29(4-2)23(31)13-33-22/h5-11,14-15H,3-4,12-13H2,1-2H3. The number of likely N-dealkylation sites (N-methyl/N-ethyl adjacent to an activating group) is 1. The van der Waals surface area contributed by atoms with Crippen LogP contribution in [-0.4, -0.2) is 34.4 Å². The molecule has 0 N–H and O–H groups in total. The molecule has 1 amide bonds. The van der Waals surface area contributed by atoms with Gasteiger partial charge in [0, 0.05) is 23.1 Å². The van der Waals surface area contributed by atoms with E-state index in [9.17, 15) is 14.4 Å². The first-order valence-electron chi connectivity index (χ1n) is 11.2. The topological polar surface area (TPSA) is 81.5 Å². The SMILES string of the molecule is CCc1ccc(-c2csc3ncn(CC(=O)c4ccc5c(c4)N(CC)C(=O)CO5)c(=O)c23)cc1. The first-order chi connectivity index (χ1) is 16.5. The number of anilines is 1. The fourth-order valence-electron chi connectivity index (χ4n) is 4.18. The van der Waals surface area contributed by atoms with Crippen molar-refractivity contribution < 1.29 is 14.3 Å². The molecule has 0 saturated heterocycles. The lowest BCUT2D eigenvalue weighted by Gasteiger charge is -2.28. The number of aromatic nitrogens is 2. The number of carbonyl (C=O) groups is 2. The van der Waals surface area contributed by atoms with Crippen LogP contribution in [-0.2, 0) is 17.8 Å². The van der Waals surface area contributed by atoms with Gasteiger partial charge >= 0.3 is 0 Å². The molecule has 1 aliphatic heterocycles. The average molecular weight is 474 g/mol. The summed E-state index contributed by atoms with van der Waals surface area (Å²) in [6.07, 6.45) is 2.37. The van der Waals surface area contributed by atoms with Gasteiger partial charge in [-0.2, -0.15) is 0 Å². The number of fused-ring (bicyclic) bond motifs is 2. The van der Waals surface area contributed by atoms with Gasteiger partial charge in [0.1, 0.15) is 10.6 Å². The van der Waals surface area contributed by atoms with Crippen molar-refractivity contribution in [3.8, 4) is 16.9 Å². The number of carbonyl (C=O) groups excluding carboxylic acids is 2. The van der Waals surface area contributed by atoms with E-state index in [-0.39, 0.29) is 30.4 Å². The van der Waals surface area contributed by atoms with Crippen LogP contribution in [0.25, 0.3) is 21.3 Å². The number of aryl methyl sites for hydroxylation is 1. The minimum absolute atomic E-state index is 0.0145. The quantitative estimate of drug-likeness (QED) is 0.390. The van der Waals surface area contributed by atoms with Crippen LogP contribution in [0.15, 0.2) is 59.0 Å². The molecule has 0 saturated carbocycles. The zero-order valence-corrected chi connectivity index (χ0v) is 19.7. The molecule has 0 bridgehead atoms. The van der Waals surface area contributed by atoms with Gasteiger partial charge in [0.2, 0.25) is 0 Å². The number of nitrogens with zero attached hydrogens (tertiary/aromatic N) is 3. The molecule has 2 aromatic carbocycles. The van der Waals surface area contributed by atoms with Crippen molar-refractivity contribution in [3.05, 3.63) is 75.7 Å². The number of amides is 1. The number of benzene rings is 2. The molecule has 0 unspecified atom stereocenters. The summed E-state index contributed by atoms with van der Waals surface area (Å²) < 4.78 is 6.83. The number of hydrogen-bond acceptors (Lipinski definition) is 6. The summed E-state index contributed by atoms with van der Waals surface area (Å²) in [7, 11) is 0. The molecule has 0 radical (unpaired) electrons. The van der Waals surface area contributed by atoms with E-state index in [1.807, 2.05) is 24.4 Å². The van der Waals surface area contributed by atoms with Gasteiger partial charge < -0.3 is 9.64 Å². The smallest absolute Gasteiger partial charge is 0.265 e. The van der Waals surface area contributed by atoms with Crippen molar-refractivity contribution in [1.82, 2.24) is 9.55 Å². The second-order valence-electron chi connectivity index (χ2n) is 8.09. The summed E-state index contributed by atoms with van der Waals surface area (Å²) in [5.41, 5.74) is 3.73. The van der Waals surface area contributed by atoms with Crippen molar-refractivity contribution in [3.63, 3.8) is 0 Å². The number of thiophene rings is 1. The molecule has 0 spiro atoms. The van der Waals surface area contributed by atoms with Crippen LogP contribution < -0.4 is 15.2 Å². The fourth-order valence-corrected chi connectivity index (χ4v) is 5.09. The Morgan fingerprint density at radius 1 is 1.12 bits per heavy atom. The minimum atomic E-state index is -0.249. The molecule has 3 heterocycles. The summed E-state index contributed by atoms with van der Waals surface area (Å²) in [6.45, 7) is 4.29. The minimum Gasteiger partial charge on any atom is -0.482 e. The van der Waals surface area contributed by atoms with Gasteiger partial charge in [-0.05, 0) is 42.7 Å². The van der Waals surface area contributed by atoms with Crippen molar-refractivity contribution in [1.29, 1.82) is 0 Å². The first kappa shape index (κ1) is 22.0. The van der Waals surface area contributed by atoms with Crippen LogP contribution in [0.1, 0.15) is 29.8 Å². The molecule has 0 aliphatic carbocycles.